The number of nitrogens with one attached hydrogen (secondary N) is 1. The summed E-state index contributed by atoms with van der Waals surface area (Å²) in [5.41, 5.74) is 0.516. The number of anilines is 1. The number of amides is 1. The van der Waals surface area contributed by atoms with E-state index >= 15 is 0 Å². The number of aryl methyl sites for hydroxylation is 1. The lowest BCUT2D eigenvalue weighted by Gasteiger charge is -2.46. The lowest BCUT2D eigenvalue weighted by molar-refractivity contribution is -0.115. The maximum atomic E-state index is 12.6. The zero-order valence-corrected chi connectivity index (χ0v) is 14.4. The van der Waals surface area contributed by atoms with E-state index in [9.17, 15) is 13.2 Å². The molecular weight excluding hydrogens is 310 g/mol. The highest BCUT2D eigenvalue weighted by Gasteiger charge is 2.45. The van der Waals surface area contributed by atoms with Gasteiger partial charge in [0, 0.05) is 19.5 Å². The van der Waals surface area contributed by atoms with Crippen LogP contribution in [0.15, 0.2) is 4.21 Å². The van der Waals surface area contributed by atoms with Crippen LogP contribution in [0.5, 0.6) is 0 Å². The average molecular weight is 331 g/mol. The number of thiazole rings is 1. The summed E-state index contributed by atoms with van der Waals surface area (Å²) < 4.78 is 26.9. The van der Waals surface area contributed by atoms with Crippen molar-refractivity contribution in [3.8, 4) is 0 Å². The number of hydrogen-bond donors (Lipinski definition) is 1. The lowest BCUT2D eigenvalue weighted by Crippen LogP contribution is -2.56. The summed E-state index contributed by atoms with van der Waals surface area (Å²) in [5.74, 6) is -0.171. The number of hydrogen-bond acceptors (Lipinski definition) is 5. The fourth-order valence-corrected chi connectivity index (χ4v) is 5.51. The quantitative estimate of drug-likeness (QED) is 0.897. The van der Waals surface area contributed by atoms with Crippen molar-refractivity contribution < 1.29 is 13.2 Å². The molecule has 1 fully saturated rings. The first-order valence-electron chi connectivity index (χ1n) is 6.99. The van der Waals surface area contributed by atoms with Crippen molar-refractivity contribution in [2.24, 2.45) is 5.41 Å². The fraction of sp³-hybridized carbons (Fsp3) is 0.692. The maximum absolute atomic E-state index is 12.6. The first-order valence-corrected chi connectivity index (χ1v) is 9.25. The van der Waals surface area contributed by atoms with Gasteiger partial charge in [-0.3, -0.25) is 4.79 Å². The van der Waals surface area contributed by atoms with Gasteiger partial charge in [0.2, 0.25) is 5.91 Å². The van der Waals surface area contributed by atoms with Crippen LogP contribution in [0, 0.1) is 12.3 Å². The zero-order chi connectivity index (χ0) is 15.8. The molecule has 118 valence electrons. The number of nitrogens with zero attached hydrogens (tertiary/aromatic N) is 2. The Kier molecular flexibility index (Phi) is 4.41. The summed E-state index contributed by atoms with van der Waals surface area (Å²) in [6.45, 7) is 8.63. The molecule has 2 rings (SSSR count). The monoisotopic (exact) mass is 331 g/mol. The molecule has 8 heteroatoms. The second-order valence-electron chi connectivity index (χ2n) is 5.73. The van der Waals surface area contributed by atoms with Gasteiger partial charge in [-0.25, -0.2) is 13.4 Å². The molecule has 1 N–H and O–H groups in total. The van der Waals surface area contributed by atoms with Crippen molar-refractivity contribution in [1.29, 1.82) is 0 Å². The maximum Gasteiger partial charge on any atom is 0.254 e. The molecule has 1 aromatic heterocycles. The number of carbonyl (C=O) groups excluding carboxylic acids is 1. The first kappa shape index (κ1) is 16.4. The molecule has 1 amide bonds. The number of rotatable bonds is 5. The molecule has 0 spiro atoms. The van der Waals surface area contributed by atoms with Gasteiger partial charge < -0.3 is 5.32 Å². The van der Waals surface area contributed by atoms with Crippen molar-refractivity contribution in [1.82, 2.24) is 9.29 Å². The van der Waals surface area contributed by atoms with E-state index in [1.807, 2.05) is 0 Å². The third-order valence-corrected chi connectivity index (χ3v) is 7.32. The number of aromatic nitrogens is 1. The molecule has 1 aliphatic heterocycles. The third kappa shape index (κ3) is 3.12. The van der Waals surface area contributed by atoms with Gasteiger partial charge in [-0.1, -0.05) is 32.1 Å². The van der Waals surface area contributed by atoms with Crippen LogP contribution < -0.4 is 5.32 Å². The molecule has 0 aromatic carbocycles. The second-order valence-corrected chi connectivity index (χ2v) is 8.86. The Balaban J connectivity index is 2.20. The highest BCUT2D eigenvalue weighted by Crippen LogP contribution is 2.39. The van der Waals surface area contributed by atoms with Gasteiger partial charge >= 0.3 is 0 Å². The van der Waals surface area contributed by atoms with E-state index in [-0.39, 0.29) is 15.5 Å². The summed E-state index contributed by atoms with van der Waals surface area (Å²) in [6, 6.07) is 0. The van der Waals surface area contributed by atoms with Crippen LogP contribution >= 0.6 is 11.3 Å². The summed E-state index contributed by atoms with van der Waals surface area (Å²) >= 11 is 1.02. The van der Waals surface area contributed by atoms with Crippen LogP contribution in [0.25, 0.3) is 0 Å². The van der Waals surface area contributed by atoms with Gasteiger partial charge in [-0.15, -0.1) is 0 Å². The second kappa shape index (κ2) is 5.66. The Morgan fingerprint density at radius 1 is 1.43 bits per heavy atom. The van der Waals surface area contributed by atoms with Crippen molar-refractivity contribution in [2.75, 3.05) is 18.4 Å². The molecule has 0 atom stereocenters. The van der Waals surface area contributed by atoms with Crippen molar-refractivity contribution >= 4 is 32.4 Å². The van der Waals surface area contributed by atoms with Gasteiger partial charge in [0.1, 0.15) is 0 Å². The van der Waals surface area contributed by atoms with E-state index in [0.29, 0.717) is 30.3 Å². The van der Waals surface area contributed by atoms with Gasteiger partial charge in [0.15, 0.2) is 9.34 Å². The molecule has 21 heavy (non-hydrogen) atoms. The minimum Gasteiger partial charge on any atom is -0.302 e. The van der Waals surface area contributed by atoms with Crippen molar-refractivity contribution in [3.63, 3.8) is 0 Å². The van der Waals surface area contributed by atoms with E-state index < -0.39 is 10.0 Å². The van der Waals surface area contributed by atoms with Gasteiger partial charge in [-0.2, -0.15) is 4.31 Å². The standard InChI is InChI=1S/C13H21N3O3S2/c1-5-10(17)15-12-14-9(3)11(20-12)21(18,19)16-7-13(4,6-2)8-16/h5-8H2,1-4H3,(H,14,15,17). The topological polar surface area (TPSA) is 79.4 Å². The van der Waals surface area contributed by atoms with Crippen LogP contribution in [0.1, 0.15) is 39.3 Å². The smallest absolute Gasteiger partial charge is 0.254 e. The average Bonchev–Trinajstić information content (AvgIpc) is 2.76. The van der Waals surface area contributed by atoms with Crippen molar-refractivity contribution in [2.45, 2.75) is 44.7 Å². The predicted octanol–water partition coefficient (Wildman–Crippen LogP) is 2.22. The largest absolute Gasteiger partial charge is 0.302 e. The minimum atomic E-state index is -3.50. The lowest BCUT2D eigenvalue weighted by atomic mass is 9.82. The predicted molar refractivity (Wildman–Crippen MR) is 82.9 cm³/mol. The van der Waals surface area contributed by atoms with Crippen LogP contribution in [0.2, 0.25) is 0 Å². The Labute approximate surface area is 129 Å². The van der Waals surface area contributed by atoms with E-state index in [1.165, 1.54) is 4.31 Å². The molecule has 2 heterocycles. The summed E-state index contributed by atoms with van der Waals surface area (Å²) in [5, 5.41) is 2.96. The summed E-state index contributed by atoms with van der Waals surface area (Å²) in [7, 11) is -3.50. The van der Waals surface area contributed by atoms with Crippen LogP contribution in [0.4, 0.5) is 5.13 Å². The molecular formula is C13H21N3O3S2. The van der Waals surface area contributed by atoms with Gasteiger partial charge in [0.05, 0.1) is 5.69 Å². The Morgan fingerprint density at radius 3 is 2.57 bits per heavy atom. The van der Waals surface area contributed by atoms with Crippen LogP contribution in [0.3, 0.4) is 0 Å². The van der Waals surface area contributed by atoms with Gasteiger partial charge in [-0.05, 0) is 18.8 Å². The molecule has 0 radical (unpaired) electrons. The first-order chi connectivity index (χ1) is 9.71. The van der Waals surface area contributed by atoms with Crippen LogP contribution in [-0.4, -0.2) is 36.7 Å². The van der Waals surface area contributed by atoms with Crippen molar-refractivity contribution in [3.05, 3.63) is 5.69 Å². The van der Waals surface area contributed by atoms with E-state index in [4.69, 9.17) is 0 Å². The van der Waals surface area contributed by atoms with E-state index in [2.05, 4.69) is 24.1 Å². The highest BCUT2D eigenvalue weighted by molar-refractivity contribution is 7.91. The van der Waals surface area contributed by atoms with Crippen LogP contribution in [-0.2, 0) is 14.8 Å². The van der Waals surface area contributed by atoms with Gasteiger partial charge in [0.25, 0.3) is 10.0 Å². The fourth-order valence-electron chi connectivity index (χ4n) is 2.20. The number of carbonyl (C=O) groups is 1. The summed E-state index contributed by atoms with van der Waals surface area (Å²) in [4.78, 5) is 15.5. The van der Waals surface area contributed by atoms with E-state index in [0.717, 1.165) is 17.8 Å². The van der Waals surface area contributed by atoms with E-state index in [1.54, 1.807) is 13.8 Å². The number of sulfonamides is 1. The zero-order valence-electron chi connectivity index (χ0n) is 12.8. The third-order valence-electron chi connectivity index (χ3n) is 3.87. The Bertz CT molecular complexity index is 646. The molecule has 0 aliphatic carbocycles. The molecule has 6 nitrogen and oxygen atoms in total. The highest BCUT2D eigenvalue weighted by atomic mass is 32.2. The molecule has 1 saturated heterocycles. The molecule has 0 unspecified atom stereocenters. The molecule has 1 aromatic rings. The Hall–Kier alpha value is -0.990. The normalized spacial score (nSPS) is 18.3. The molecule has 0 saturated carbocycles. The molecule has 1 aliphatic rings. The molecule has 0 bridgehead atoms. The SMILES string of the molecule is CCC(=O)Nc1nc(C)c(S(=O)(=O)N2CC(C)(CC)C2)s1. The minimum absolute atomic E-state index is 0.0743. The summed E-state index contributed by atoms with van der Waals surface area (Å²) in [6.07, 6.45) is 1.29. The Morgan fingerprint density at radius 2 is 2.05 bits per heavy atom.